The summed E-state index contributed by atoms with van der Waals surface area (Å²) < 4.78 is 7.84. The highest BCUT2D eigenvalue weighted by Crippen LogP contribution is 2.48. The van der Waals surface area contributed by atoms with Gasteiger partial charge in [-0.05, 0) is 75.9 Å². The first kappa shape index (κ1) is 34.8. The molecular formula is C52H41N3OS. The lowest BCUT2D eigenvalue weighted by molar-refractivity contribution is 0.269. The summed E-state index contributed by atoms with van der Waals surface area (Å²) in [6, 6.07) is 61.7. The Kier molecular flexibility index (Phi) is 9.23. The molecule has 0 saturated carbocycles. The number of ether oxygens (including phenoxy) is 1. The Hall–Kier alpha value is -6.66. The van der Waals surface area contributed by atoms with Crippen molar-refractivity contribution in [2.75, 3.05) is 5.01 Å². The second-order valence-electron chi connectivity index (χ2n) is 14.7. The minimum atomic E-state index is -0.0267. The van der Waals surface area contributed by atoms with Crippen LogP contribution >= 0.6 is 11.3 Å². The molecule has 2 aromatic heterocycles. The van der Waals surface area contributed by atoms with Gasteiger partial charge in [-0.15, -0.1) is 11.3 Å². The molecule has 1 aliphatic carbocycles. The summed E-state index contributed by atoms with van der Waals surface area (Å²) in [4.78, 5) is 4.82. The van der Waals surface area contributed by atoms with Gasteiger partial charge in [0.15, 0.2) is 0 Å². The van der Waals surface area contributed by atoms with Crippen molar-refractivity contribution < 1.29 is 4.74 Å². The van der Waals surface area contributed by atoms with Crippen LogP contribution in [0.5, 0.6) is 5.75 Å². The third kappa shape index (κ3) is 6.82. The molecule has 57 heavy (non-hydrogen) atoms. The average molecular weight is 756 g/mol. The van der Waals surface area contributed by atoms with Gasteiger partial charge in [-0.2, -0.15) is 0 Å². The van der Waals surface area contributed by atoms with E-state index in [0.717, 1.165) is 28.9 Å². The van der Waals surface area contributed by atoms with E-state index in [1.807, 2.05) is 58.8 Å². The van der Waals surface area contributed by atoms with E-state index < -0.39 is 0 Å². The Morgan fingerprint density at radius 2 is 1.30 bits per heavy atom. The van der Waals surface area contributed by atoms with Gasteiger partial charge in [0.2, 0.25) is 0 Å². The van der Waals surface area contributed by atoms with Crippen molar-refractivity contribution in [2.45, 2.75) is 25.0 Å². The number of nitrogens with zero attached hydrogens (tertiary/aromatic N) is 1. The second-order valence-corrected chi connectivity index (χ2v) is 15.9. The third-order valence-corrected chi connectivity index (χ3v) is 12.3. The summed E-state index contributed by atoms with van der Waals surface area (Å²) in [6.45, 7) is 0.619. The first-order valence-corrected chi connectivity index (χ1v) is 20.3. The number of aromatic nitrogens is 1. The monoisotopic (exact) mass is 755 g/mol. The van der Waals surface area contributed by atoms with E-state index in [2.05, 4.69) is 157 Å². The zero-order chi connectivity index (χ0) is 38.1. The minimum Gasteiger partial charge on any atom is -0.485 e. The van der Waals surface area contributed by atoms with E-state index in [0.29, 0.717) is 6.54 Å². The van der Waals surface area contributed by atoms with Gasteiger partial charge in [0.1, 0.15) is 11.9 Å². The number of nitrogens with two attached hydrogens (primary N) is 1. The molecule has 0 saturated heterocycles. The Labute approximate surface area is 336 Å². The SMILES string of the molecule is NN(Cc1ccccc1)c1c(Cc2cccc3c2C2C=C(c4ccc5[nH]c6ccccc6c5c4)C=CC2O3)sc2ccc(-c3ccccc3)cc12.c1ccccc1. The number of hydrazine groups is 1. The van der Waals surface area contributed by atoms with Crippen LogP contribution in [0.2, 0.25) is 0 Å². The summed E-state index contributed by atoms with van der Waals surface area (Å²) in [7, 11) is 0. The lowest BCUT2D eigenvalue weighted by Crippen LogP contribution is -2.30. The summed E-state index contributed by atoms with van der Waals surface area (Å²) in [5.74, 6) is 8.14. The van der Waals surface area contributed by atoms with E-state index in [4.69, 9.17) is 10.6 Å². The lowest BCUT2D eigenvalue weighted by Gasteiger charge is -2.22. The molecule has 0 spiro atoms. The number of hydrogen-bond acceptors (Lipinski definition) is 4. The molecule has 0 amide bonds. The highest BCUT2D eigenvalue weighted by molar-refractivity contribution is 7.19. The van der Waals surface area contributed by atoms with Crippen molar-refractivity contribution in [1.29, 1.82) is 0 Å². The molecule has 0 fully saturated rings. The molecule has 3 heterocycles. The smallest absolute Gasteiger partial charge is 0.128 e. The van der Waals surface area contributed by atoms with E-state index in [1.54, 1.807) is 0 Å². The fraction of sp³-hybridized carbons (Fsp3) is 0.0769. The van der Waals surface area contributed by atoms with Crippen LogP contribution < -0.4 is 15.6 Å². The number of fused-ring (bicyclic) bond motifs is 7. The Morgan fingerprint density at radius 3 is 2.11 bits per heavy atom. The maximum atomic E-state index is 7.04. The Balaban J connectivity index is 0.000000607. The first-order valence-electron chi connectivity index (χ1n) is 19.5. The van der Waals surface area contributed by atoms with Crippen molar-refractivity contribution in [1.82, 2.24) is 4.98 Å². The van der Waals surface area contributed by atoms with Gasteiger partial charge in [0.05, 0.1) is 12.2 Å². The van der Waals surface area contributed by atoms with Gasteiger partial charge in [-0.3, -0.25) is 0 Å². The van der Waals surface area contributed by atoms with Gasteiger partial charge in [-0.25, -0.2) is 5.84 Å². The standard InChI is InChI=1S/C46H35N3OS.C6H6/c47-49(28-29-10-3-1-4-11-29)46-38-26-31(30-12-5-2-6-13-30)20-23-43(38)51-44(46)27-34-14-9-17-42-45(34)37-25-33(19-22-41(37)50-42)32-18-21-40-36(24-32)35-15-7-8-16-39(35)48-40;1-2-4-6-5-3-1/h1-26,37,41,48H,27-28,47H2;1-6H. The molecule has 0 bridgehead atoms. The zero-order valence-corrected chi connectivity index (χ0v) is 32.2. The van der Waals surface area contributed by atoms with Crippen LogP contribution in [0.1, 0.15) is 33.0 Å². The number of hydrogen-bond donors (Lipinski definition) is 2. The first-order chi connectivity index (χ1) is 28.2. The normalized spacial score (nSPS) is 15.4. The van der Waals surface area contributed by atoms with Crippen LogP contribution in [0.25, 0.3) is 48.6 Å². The van der Waals surface area contributed by atoms with Crippen LogP contribution in [0.15, 0.2) is 194 Å². The van der Waals surface area contributed by atoms with Crippen LogP contribution in [0.3, 0.4) is 0 Å². The van der Waals surface area contributed by atoms with E-state index in [9.17, 15) is 0 Å². The van der Waals surface area contributed by atoms with Gasteiger partial charge in [-0.1, -0.05) is 152 Å². The highest BCUT2D eigenvalue weighted by Gasteiger charge is 2.36. The largest absolute Gasteiger partial charge is 0.485 e. The van der Waals surface area contributed by atoms with Crippen LogP contribution in [0.4, 0.5) is 5.69 Å². The number of H-pyrrole nitrogens is 1. The topological polar surface area (TPSA) is 54.3 Å². The fourth-order valence-electron chi connectivity index (χ4n) is 8.41. The van der Waals surface area contributed by atoms with Gasteiger partial charge < -0.3 is 14.7 Å². The number of anilines is 1. The third-order valence-electron chi connectivity index (χ3n) is 11.1. The summed E-state index contributed by atoms with van der Waals surface area (Å²) in [6.07, 6.45) is 7.62. The predicted octanol–water partition coefficient (Wildman–Crippen LogP) is 12.9. The zero-order valence-electron chi connectivity index (χ0n) is 31.4. The van der Waals surface area contributed by atoms with Crippen molar-refractivity contribution >= 4 is 54.5 Å². The molecule has 276 valence electrons. The molecule has 2 atom stereocenters. The van der Waals surface area contributed by atoms with Crippen molar-refractivity contribution in [3.05, 3.63) is 221 Å². The van der Waals surface area contributed by atoms with Crippen molar-refractivity contribution in [3.63, 3.8) is 0 Å². The number of aromatic amines is 1. The molecule has 4 nitrogen and oxygen atoms in total. The molecule has 1 aliphatic heterocycles. The Morgan fingerprint density at radius 1 is 0.614 bits per heavy atom. The summed E-state index contributed by atoms with van der Waals surface area (Å²) in [5, 5.41) is 5.63. The maximum Gasteiger partial charge on any atom is 0.128 e. The molecule has 3 N–H and O–H groups in total. The second kappa shape index (κ2) is 15.1. The van der Waals surface area contributed by atoms with E-state index >= 15 is 0 Å². The summed E-state index contributed by atoms with van der Waals surface area (Å²) >= 11 is 1.84. The van der Waals surface area contributed by atoms with Gasteiger partial charge in [0, 0.05) is 54.7 Å². The van der Waals surface area contributed by atoms with Crippen LogP contribution in [-0.4, -0.2) is 11.1 Å². The molecule has 0 radical (unpaired) electrons. The van der Waals surface area contributed by atoms with Gasteiger partial charge >= 0.3 is 0 Å². The molecule has 11 rings (SSSR count). The highest BCUT2D eigenvalue weighted by atomic mass is 32.1. The van der Waals surface area contributed by atoms with Crippen molar-refractivity contribution in [3.8, 4) is 16.9 Å². The number of thiophene rings is 1. The quantitative estimate of drug-likeness (QED) is 0.126. The fourth-order valence-corrected chi connectivity index (χ4v) is 9.63. The molecule has 7 aromatic carbocycles. The van der Waals surface area contributed by atoms with Crippen LogP contribution in [-0.2, 0) is 13.0 Å². The molecular weight excluding hydrogens is 715 g/mol. The van der Waals surface area contributed by atoms with E-state index in [1.165, 1.54) is 64.7 Å². The number of nitrogens with one attached hydrogen (secondary N) is 1. The number of para-hydroxylation sites is 1. The average Bonchev–Trinajstić information content (AvgIpc) is 3.95. The predicted molar refractivity (Wildman–Crippen MR) is 240 cm³/mol. The lowest BCUT2D eigenvalue weighted by atomic mass is 9.84. The maximum absolute atomic E-state index is 7.04. The van der Waals surface area contributed by atoms with Gasteiger partial charge in [0.25, 0.3) is 0 Å². The minimum absolute atomic E-state index is 0.0267. The molecule has 5 heteroatoms. The number of allylic oxidation sites excluding steroid dienone is 2. The molecule has 9 aromatic rings. The number of rotatable bonds is 7. The van der Waals surface area contributed by atoms with E-state index in [-0.39, 0.29) is 12.0 Å². The molecule has 2 unspecified atom stereocenters. The number of benzene rings is 7. The Bertz CT molecular complexity index is 2880. The molecule has 2 aliphatic rings. The van der Waals surface area contributed by atoms with Crippen LogP contribution in [0, 0.1) is 0 Å². The summed E-state index contributed by atoms with van der Waals surface area (Å²) in [5.41, 5.74) is 12.0. The van der Waals surface area contributed by atoms with Crippen molar-refractivity contribution in [2.24, 2.45) is 5.84 Å².